The molecule has 0 atom stereocenters. The molecular weight excluding hydrogens is 360 g/mol. The van der Waals surface area contributed by atoms with Gasteiger partial charge in [0.25, 0.3) is 0 Å². The predicted octanol–water partition coefficient (Wildman–Crippen LogP) is 2.13. The maximum Gasteiger partial charge on any atom is 0.349 e. The van der Waals surface area contributed by atoms with Crippen LogP contribution in [0.2, 0.25) is 0 Å². The molecule has 0 spiro atoms. The lowest BCUT2D eigenvalue weighted by molar-refractivity contribution is 0.0602. The summed E-state index contributed by atoms with van der Waals surface area (Å²) in [6, 6.07) is 6.94. The molecule has 1 aromatic heterocycles. The Balaban J connectivity index is 0.00000264. The van der Waals surface area contributed by atoms with Gasteiger partial charge in [-0.3, -0.25) is 0 Å². The van der Waals surface area contributed by atoms with E-state index in [4.69, 9.17) is 10.5 Å². The van der Waals surface area contributed by atoms with Crippen molar-refractivity contribution in [1.82, 2.24) is 4.72 Å². The van der Waals surface area contributed by atoms with Crippen molar-refractivity contribution < 1.29 is 17.9 Å². The largest absolute Gasteiger partial charge is 0.465 e. The van der Waals surface area contributed by atoms with Crippen LogP contribution in [0, 0.1) is 0 Å². The number of hydrogen-bond donors (Lipinski definition) is 2. The molecule has 0 fully saturated rings. The molecule has 0 radical (unpaired) electrons. The molecule has 3 N–H and O–H groups in total. The van der Waals surface area contributed by atoms with Gasteiger partial charge in [0.1, 0.15) is 9.77 Å². The molecule has 0 aliphatic rings. The van der Waals surface area contributed by atoms with Crippen molar-refractivity contribution >= 4 is 49.8 Å². The van der Waals surface area contributed by atoms with Crippen LogP contribution >= 0.6 is 23.7 Å². The number of nitrogens with one attached hydrogen (secondary N) is 1. The van der Waals surface area contributed by atoms with E-state index < -0.39 is 21.5 Å². The highest BCUT2D eigenvalue weighted by atomic mass is 35.5. The summed E-state index contributed by atoms with van der Waals surface area (Å²) < 4.78 is 33.5. The fourth-order valence-corrected chi connectivity index (χ4v) is 5.21. The van der Waals surface area contributed by atoms with E-state index in [9.17, 15) is 13.2 Å². The van der Waals surface area contributed by atoms with Crippen LogP contribution in [0.4, 0.5) is 0 Å². The number of halogens is 1. The number of methoxy groups -OCH3 is 1. The Labute approximate surface area is 145 Å². The highest BCUT2D eigenvalue weighted by Crippen LogP contribution is 2.35. The van der Waals surface area contributed by atoms with Gasteiger partial charge in [0, 0.05) is 22.2 Å². The summed E-state index contributed by atoms with van der Waals surface area (Å²) in [5, 5.41) is 0.494. The molecule has 6 nitrogen and oxygen atoms in total. The first kappa shape index (κ1) is 19.9. The Bertz CT molecular complexity index is 815. The minimum absolute atomic E-state index is 0. The van der Waals surface area contributed by atoms with E-state index in [0.717, 1.165) is 11.3 Å². The van der Waals surface area contributed by atoms with Gasteiger partial charge in [-0.05, 0) is 19.9 Å². The average Bonchev–Trinajstić information content (AvgIpc) is 2.85. The number of nitrogens with two attached hydrogens (primary N) is 1. The molecule has 0 bridgehead atoms. The number of rotatable bonds is 5. The van der Waals surface area contributed by atoms with E-state index in [-0.39, 0.29) is 28.7 Å². The summed E-state index contributed by atoms with van der Waals surface area (Å²) in [4.78, 5) is 12.0. The van der Waals surface area contributed by atoms with Crippen LogP contribution in [0.15, 0.2) is 29.2 Å². The fourth-order valence-electron chi connectivity index (χ4n) is 1.97. The smallest absolute Gasteiger partial charge is 0.349 e. The maximum atomic E-state index is 12.8. The zero-order valence-electron chi connectivity index (χ0n) is 13.0. The van der Waals surface area contributed by atoms with Crippen LogP contribution in [0.25, 0.3) is 10.1 Å². The Morgan fingerprint density at radius 3 is 2.52 bits per heavy atom. The fraction of sp³-hybridized carbons (Fsp3) is 0.357. The summed E-state index contributed by atoms with van der Waals surface area (Å²) in [6.07, 6.45) is 0. The van der Waals surface area contributed by atoms with Gasteiger partial charge in [-0.25, -0.2) is 17.9 Å². The van der Waals surface area contributed by atoms with Gasteiger partial charge in [0.2, 0.25) is 10.0 Å². The van der Waals surface area contributed by atoms with Gasteiger partial charge in [-0.1, -0.05) is 18.2 Å². The van der Waals surface area contributed by atoms with Crippen LogP contribution in [-0.4, -0.2) is 33.6 Å². The van der Waals surface area contributed by atoms with Crippen molar-refractivity contribution in [1.29, 1.82) is 0 Å². The maximum absolute atomic E-state index is 12.8. The highest BCUT2D eigenvalue weighted by molar-refractivity contribution is 7.90. The molecule has 0 unspecified atom stereocenters. The minimum Gasteiger partial charge on any atom is -0.465 e. The average molecular weight is 379 g/mol. The monoisotopic (exact) mass is 378 g/mol. The third kappa shape index (κ3) is 4.02. The second-order valence-electron chi connectivity index (χ2n) is 5.44. The van der Waals surface area contributed by atoms with Gasteiger partial charge < -0.3 is 10.5 Å². The van der Waals surface area contributed by atoms with E-state index >= 15 is 0 Å². The highest BCUT2D eigenvalue weighted by Gasteiger charge is 2.32. The molecule has 128 valence electrons. The van der Waals surface area contributed by atoms with Crippen LogP contribution in [0.5, 0.6) is 0 Å². The van der Waals surface area contributed by atoms with Gasteiger partial charge >= 0.3 is 5.97 Å². The van der Waals surface area contributed by atoms with Gasteiger partial charge in [0.15, 0.2) is 0 Å². The van der Waals surface area contributed by atoms with E-state index in [1.807, 2.05) is 0 Å². The molecule has 0 amide bonds. The van der Waals surface area contributed by atoms with Crippen molar-refractivity contribution in [2.45, 2.75) is 24.3 Å². The zero-order valence-corrected chi connectivity index (χ0v) is 15.4. The Morgan fingerprint density at radius 2 is 1.96 bits per heavy atom. The number of fused-ring (bicyclic) bond motifs is 1. The number of benzene rings is 1. The van der Waals surface area contributed by atoms with E-state index in [1.165, 1.54) is 7.11 Å². The molecule has 0 aliphatic carbocycles. The van der Waals surface area contributed by atoms with Gasteiger partial charge in [-0.15, -0.1) is 23.7 Å². The summed E-state index contributed by atoms with van der Waals surface area (Å²) in [5.41, 5.74) is 4.76. The normalized spacial score (nSPS) is 12.0. The molecule has 2 aromatic rings. The van der Waals surface area contributed by atoms with Crippen LogP contribution < -0.4 is 10.5 Å². The van der Waals surface area contributed by atoms with Crippen molar-refractivity contribution in [2.75, 3.05) is 13.7 Å². The van der Waals surface area contributed by atoms with Gasteiger partial charge in [0.05, 0.1) is 7.11 Å². The zero-order chi connectivity index (χ0) is 16.5. The molecule has 0 saturated carbocycles. The van der Waals surface area contributed by atoms with E-state index in [2.05, 4.69) is 4.72 Å². The molecule has 1 heterocycles. The van der Waals surface area contributed by atoms with Crippen LogP contribution in [0.3, 0.4) is 0 Å². The Morgan fingerprint density at radius 1 is 1.35 bits per heavy atom. The number of sulfonamides is 1. The Kier molecular flexibility index (Phi) is 6.17. The summed E-state index contributed by atoms with van der Waals surface area (Å²) in [7, 11) is -2.70. The second-order valence-corrected chi connectivity index (χ2v) is 8.11. The SMILES string of the molecule is COC(=O)c1sc2ccccc2c1S(=O)(=O)NC(C)(C)CN.Cl. The summed E-state index contributed by atoms with van der Waals surface area (Å²) in [5.74, 6) is -0.674. The molecule has 1 aromatic carbocycles. The van der Waals surface area contributed by atoms with Crippen molar-refractivity contribution in [2.24, 2.45) is 5.73 Å². The predicted molar refractivity (Wildman–Crippen MR) is 93.9 cm³/mol. The van der Waals surface area contributed by atoms with E-state index in [0.29, 0.717) is 10.1 Å². The van der Waals surface area contributed by atoms with Crippen molar-refractivity contribution in [3.63, 3.8) is 0 Å². The van der Waals surface area contributed by atoms with Crippen LogP contribution in [-0.2, 0) is 14.8 Å². The first-order valence-electron chi connectivity index (χ1n) is 6.56. The summed E-state index contributed by atoms with van der Waals surface area (Å²) >= 11 is 1.09. The Hall–Kier alpha value is -1.19. The third-order valence-electron chi connectivity index (χ3n) is 3.11. The quantitative estimate of drug-likeness (QED) is 0.776. The molecular formula is C14H19ClN2O4S2. The minimum atomic E-state index is -3.92. The topological polar surface area (TPSA) is 98.5 Å². The molecule has 0 aliphatic heterocycles. The van der Waals surface area contributed by atoms with Crippen LogP contribution in [0.1, 0.15) is 23.5 Å². The molecule has 23 heavy (non-hydrogen) atoms. The molecule has 9 heteroatoms. The lowest BCUT2D eigenvalue weighted by atomic mass is 10.1. The van der Waals surface area contributed by atoms with E-state index in [1.54, 1.807) is 38.1 Å². The number of esters is 1. The first-order valence-corrected chi connectivity index (χ1v) is 8.86. The number of carbonyl (C=O) groups excluding carboxylic acids is 1. The number of hydrogen-bond acceptors (Lipinski definition) is 6. The van der Waals surface area contributed by atoms with Crippen molar-refractivity contribution in [3.05, 3.63) is 29.1 Å². The lowest BCUT2D eigenvalue weighted by Crippen LogP contribution is -2.48. The number of ether oxygens (including phenoxy) is 1. The molecule has 0 saturated heterocycles. The first-order chi connectivity index (χ1) is 10.2. The van der Waals surface area contributed by atoms with Crippen molar-refractivity contribution in [3.8, 4) is 0 Å². The second kappa shape index (κ2) is 7.14. The number of thiophene rings is 1. The lowest BCUT2D eigenvalue weighted by Gasteiger charge is -2.24. The summed E-state index contributed by atoms with van der Waals surface area (Å²) in [6.45, 7) is 3.48. The molecule has 2 rings (SSSR count). The third-order valence-corrected chi connectivity index (χ3v) is 6.17. The number of carbonyl (C=O) groups is 1. The standard InChI is InChI=1S/C14H18N2O4S2.ClH/c1-14(2,8-15)16-22(18,19)12-9-6-4-5-7-10(9)21-11(12)13(17)20-3;/h4-7,16H,8,15H2,1-3H3;1H. The van der Waals surface area contributed by atoms with Gasteiger partial charge in [-0.2, -0.15) is 0 Å².